The van der Waals surface area contributed by atoms with Gasteiger partial charge in [-0.3, -0.25) is 5.41 Å². The van der Waals surface area contributed by atoms with Gasteiger partial charge in [0.1, 0.15) is 0 Å². The number of rotatable bonds is 2. The van der Waals surface area contributed by atoms with E-state index in [-0.39, 0.29) is 0 Å². The van der Waals surface area contributed by atoms with Gasteiger partial charge in [-0.2, -0.15) is 0 Å². The zero-order valence-corrected chi connectivity index (χ0v) is 7.27. The highest BCUT2D eigenvalue weighted by atomic mass is 14.7. The molecule has 1 saturated carbocycles. The van der Waals surface area contributed by atoms with Crippen molar-refractivity contribution in [2.24, 2.45) is 17.6 Å². The van der Waals surface area contributed by atoms with Gasteiger partial charge in [0.15, 0.2) is 0 Å². The standard InChI is InChI=1S/C9H18N2/c1-7(9(10)11)8-5-3-2-4-6-8/h7-8H,2-6H2,1H3,(H3,10,11). The Kier molecular flexibility index (Phi) is 2.92. The molecule has 0 aromatic heterocycles. The summed E-state index contributed by atoms with van der Waals surface area (Å²) < 4.78 is 0. The van der Waals surface area contributed by atoms with Crippen LogP contribution >= 0.6 is 0 Å². The third-order valence-corrected chi connectivity index (χ3v) is 2.85. The van der Waals surface area contributed by atoms with Gasteiger partial charge >= 0.3 is 0 Å². The molecule has 0 bridgehead atoms. The van der Waals surface area contributed by atoms with E-state index in [2.05, 4.69) is 6.92 Å². The molecule has 0 radical (unpaired) electrons. The predicted octanol–water partition coefficient (Wildman–Crippen LogP) is 2.14. The zero-order valence-electron chi connectivity index (χ0n) is 7.27. The molecule has 0 amide bonds. The van der Waals surface area contributed by atoms with E-state index in [1.54, 1.807) is 0 Å². The largest absolute Gasteiger partial charge is 0.387 e. The summed E-state index contributed by atoms with van der Waals surface area (Å²) in [5.74, 6) is 1.38. The van der Waals surface area contributed by atoms with Crippen molar-refractivity contribution in [3.05, 3.63) is 0 Å². The topological polar surface area (TPSA) is 49.9 Å². The second kappa shape index (κ2) is 3.74. The normalized spacial score (nSPS) is 23.0. The molecule has 0 spiro atoms. The number of hydrogen-bond donors (Lipinski definition) is 2. The Morgan fingerprint density at radius 1 is 1.36 bits per heavy atom. The lowest BCUT2D eigenvalue weighted by atomic mass is 9.80. The highest BCUT2D eigenvalue weighted by Gasteiger charge is 2.21. The van der Waals surface area contributed by atoms with E-state index >= 15 is 0 Å². The maximum atomic E-state index is 7.31. The average Bonchev–Trinajstić information content (AvgIpc) is 2.05. The van der Waals surface area contributed by atoms with Gasteiger partial charge in [-0.25, -0.2) is 0 Å². The molecule has 64 valence electrons. The first kappa shape index (κ1) is 8.57. The Labute approximate surface area is 68.7 Å². The first-order chi connectivity index (χ1) is 5.22. The van der Waals surface area contributed by atoms with Crippen LogP contribution in [0.2, 0.25) is 0 Å². The molecule has 2 heteroatoms. The van der Waals surface area contributed by atoms with E-state index in [9.17, 15) is 0 Å². The number of nitrogens with two attached hydrogens (primary N) is 1. The van der Waals surface area contributed by atoms with E-state index in [0.717, 1.165) is 0 Å². The van der Waals surface area contributed by atoms with Gasteiger partial charge in [0.2, 0.25) is 0 Å². The van der Waals surface area contributed by atoms with Crippen LogP contribution in [0.5, 0.6) is 0 Å². The molecule has 2 nitrogen and oxygen atoms in total. The molecule has 0 aliphatic heterocycles. The minimum Gasteiger partial charge on any atom is -0.387 e. The number of nitrogens with one attached hydrogen (secondary N) is 1. The van der Waals surface area contributed by atoms with E-state index in [4.69, 9.17) is 11.1 Å². The van der Waals surface area contributed by atoms with E-state index in [1.165, 1.54) is 32.1 Å². The molecule has 0 heterocycles. The van der Waals surface area contributed by atoms with E-state index < -0.39 is 0 Å². The lowest BCUT2D eigenvalue weighted by Gasteiger charge is -2.26. The first-order valence-electron chi connectivity index (χ1n) is 4.55. The van der Waals surface area contributed by atoms with Crippen LogP contribution in [0.4, 0.5) is 0 Å². The number of amidine groups is 1. The smallest absolute Gasteiger partial charge is 0.0936 e. The van der Waals surface area contributed by atoms with Crippen molar-refractivity contribution in [2.45, 2.75) is 39.0 Å². The SMILES string of the molecule is CC(C(=N)N)C1CCCCC1. The highest BCUT2D eigenvalue weighted by molar-refractivity contribution is 5.79. The average molecular weight is 154 g/mol. The lowest BCUT2D eigenvalue weighted by Crippen LogP contribution is -2.28. The summed E-state index contributed by atoms with van der Waals surface area (Å²) in [6, 6.07) is 0. The fourth-order valence-corrected chi connectivity index (χ4v) is 1.89. The van der Waals surface area contributed by atoms with Gasteiger partial charge < -0.3 is 5.73 Å². The van der Waals surface area contributed by atoms with Crippen LogP contribution in [0.15, 0.2) is 0 Å². The third kappa shape index (κ3) is 2.21. The molecule has 11 heavy (non-hydrogen) atoms. The summed E-state index contributed by atoms with van der Waals surface area (Å²) in [6.07, 6.45) is 6.60. The summed E-state index contributed by atoms with van der Waals surface area (Å²) >= 11 is 0. The summed E-state index contributed by atoms with van der Waals surface area (Å²) in [6.45, 7) is 2.08. The van der Waals surface area contributed by atoms with Crippen molar-refractivity contribution in [2.75, 3.05) is 0 Å². The van der Waals surface area contributed by atoms with Crippen molar-refractivity contribution >= 4 is 5.84 Å². The van der Waals surface area contributed by atoms with Gasteiger partial charge in [-0.1, -0.05) is 26.2 Å². The minimum absolute atomic E-state index is 0.315. The predicted molar refractivity (Wildman–Crippen MR) is 47.7 cm³/mol. The van der Waals surface area contributed by atoms with Gasteiger partial charge in [-0.05, 0) is 18.8 Å². The van der Waals surface area contributed by atoms with Crippen molar-refractivity contribution in [3.63, 3.8) is 0 Å². The van der Waals surface area contributed by atoms with Gasteiger partial charge in [0.25, 0.3) is 0 Å². The summed E-state index contributed by atoms with van der Waals surface area (Å²) in [5, 5.41) is 7.31. The van der Waals surface area contributed by atoms with Crippen molar-refractivity contribution < 1.29 is 0 Å². The van der Waals surface area contributed by atoms with Crippen LogP contribution in [0.3, 0.4) is 0 Å². The monoisotopic (exact) mass is 154 g/mol. The summed E-state index contributed by atoms with van der Waals surface area (Å²) in [5.41, 5.74) is 5.45. The molecule has 0 aromatic rings. The maximum absolute atomic E-state index is 7.31. The highest BCUT2D eigenvalue weighted by Crippen LogP contribution is 2.29. The van der Waals surface area contributed by atoms with Crippen LogP contribution in [-0.2, 0) is 0 Å². The van der Waals surface area contributed by atoms with Crippen LogP contribution in [0, 0.1) is 17.2 Å². The number of hydrogen-bond acceptors (Lipinski definition) is 1. The van der Waals surface area contributed by atoms with Crippen LogP contribution in [0.1, 0.15) is 39.0 Å². The Balaban J connectivity index is 2.38. The van der Waals surface area contributed by atoms with Crippen LogP contribution < -0.4 is 5.73 Å². The van der Waals surface area contributed by atoms with E-state index in [0.29, 0.717) is 17.7 Å². The molecule has 1 unspecified atom stereocenters. The summed E-state index contributed by atoms with van der Waals surface area (Å²) in [4.78, 5) is 0. The summed E-state index contributed by atoms with van der Waals surface area (Å²) in [7, 11) is 0. The lowest BCUT2D eigenvalue weighted by molar-refractivity contribution is 0.310. The fourth-order valence-electron chi connectivity index (χ4n) is 1.89. The van der Waals surface area contributed by atoms with Gasteiger partial charge in [0.05, 0.1) is 5.84 Å². The molecule has 1 atom stereocenters. The molecule has 3 N–H and O–H groups in total. The van der Waals surface area contributed by atoms with Crippen molar-refractivity contribution in [1.82, 2.24) is 0 Å². The molecule has 0 saturated heterocycles. The van der Waals surface area contributed by atoms with Crippen LogP contribution in [0.25, 0.3) is 0 Å². The Hall–Kier alpha value is -0.530. The molecular weight excluding hydrogens is 136 g/mol. The third-order valence-electron chi connectivity index (χ3n) is 2.85. The Morgan fingerprint density at radius 2 is 1.91 bits per heavy atom. The van der Waals surface area contributed by atoms with Gasteiger partial charge in [-0.15, -0.1) is 0 Å². The fraction of sp³-hybridized carbons (Fsp3) is 0.889. The zero-order chi connectivity index (χ0) is 8.27. The second-order valence-electron chi connectivity index (χ2n) is 3.64. The molecule has 0 aromatic carbocycles. The molecule has 1 rings (SSSR count). The maximum Gasteiger partial charge on any atom is 0.0936 e. The van der Waals surface area contributed by atoms with Crippen molar-refractivity contribution in [1.29, 1.82) is 5.41 Å². The molecule has 1 fully saturated rings. The second-order valence-corrected chi connectivity index (χ2v) is 3.64. The first-order valence-corrected chi connectivity index (χ1v) is 4.55. The molecule has 1 aliphatic carbocycles. The quantitative estimate of drug-likeness (QED) is 0.464. The van der Waals surface area contributed by atoms with Crippen molar-refractivity contribution in [3.8, 4) is 0 Å². The van der Waals surface area contributed by atoms with Gasteiger partial charge in [0, 0.05) is 5.92 Å². The minimum atomic E-state index is 0.315. The molecular formula is C9H18N2. The Morgan fingerprint density at radius 3 is 2.36 bits per heavy atom. The Bertz CT molecular complexity index is 136. The molecule has 1 aliphatic rings. The van der Waals surface area contributed by atoms with Crippen LogP contribution in [-0.4, -0.2) is 5.84 Å². The van der Waals surface area contributed by atoms with E-state index in [1.807, 2.05) is 0 Å².